The fraction of sp³-hybridized carbons (Fsp3) is 0.529. The van der Waals surface area contributed by atoms with Crippen LogP contribution < -0.4 is 5.73 Å². The number of carbonyl (C=O) groups excluding carboxylic acids is 2. The van der Waals surface area contributed by atoms with Crippen molar-refractivity contribution in [3.63, 3.8) is 0 Å². The summed E-state index contributed by atoms with van der Waals surface area (Å²) in [5.74, 6) is -0.803. The van der Waals surface area contributed by atoms with Crippen LogP contribution in [0, 0.1) is 5.82 Å². The number of halogens is 3. The van der Waals surface area contributed by atoms with Gasteiger partial charge in [-0.25, -0.2) is 4.39 Å². The number of rotatable bonds is 2. The van der Waals surface area contributed by atoms with Crippen molar-refractivity contribution in [3.8, 4) is 0 Å². The van der Waals surface area contributed by atoms with Gasteiger partial charge in [0.25, 0.3) is 5.91 Å². The molecule has 2 aliphatic heterocycles. The minimum Gasteiger partial charge on any atom is -0.339 e. The molecule has 1 aromatic carbocycles. The highest BCUT2D eigenvalue weighted by molar-refractivity contribution is 9.10. The summed E-state index contributed by atoms with van der Waals surface area (Å²) in [7, 11) is 0. The molecule has 2 saturated heterocycles. The molecule has 0 spiro atoms. The molecule has 2 N–H and O–H groups in total. The van der Waals surface area contributed by atoms with E-state index in [1.54, 1.807) is 15.9 Å². The molecule has 2 amide bonds. The van der Waals surface area contributed by atoms with Crippen molar-refractivity contribution in [3.05, 3.63) is 34.1 Å². The lowest BCUT2D eigenvalue weighted by molar-refractivity contribution is -0.136. The summed E-state index contributed by atoms with van der Waals surface area (Å²) in [5.41, 5.74) is 6.16. The topological polar surface area (TPSA) is 66.6 Å². The maximum absolute atomic E-state index is 13.7. The second-order valence-electron chi connectivity index (χ2n) is 6.47. The fourth-order valence-corrected chi connectivity index (χ4v) is 3.67. The quantitative estimate of drug-likeness (QED) is 0.778. The predicted molar refractivity (Wildman–Crippen MR) is 99.2 cm³/mol. The number of amides is 2. The van der Waals surface area contributed by atoms with Gasteiger partial charge in [-0.2, -0.15) is 0 Å². The van der Waals surface area contributed by atoms with Crippen molar-refractivity contribution in [2.45, 2.75) is 37.8 Å². The standard InChI is InChI=1S/C17H21BrFN3O2.ClH/c18-13-5-4-11(9-14(13)19)16(23)22-7-2-1-3-15(22)17(24)21-8-6-12(20)10-21;/h4-5,9,12,15H,1-3,6-8,10,20H2;1H/t12-,15?;/m1./s1. The molecule has 2 heterocycles. The maximum atomic E-state index is 13.7. The number of likely N-dealkylation sites (tertiary alicyclic amines) is 2. The highest BCUT2D eigenvalue weighted by atomic mass is 79.9. The van der Waals surface area contributed by atoms with Crippen LogP contribution in [-0.2, 0) is 4.79 Å². The molecule has 1 unspecified atom stereocenters. The van der Waals surface area contributed by atoms with Gasteiger partial charge in [-0.3, -0.25) is 9.59 Å². The van der Waals surface area contributed by atoms with Crippen LogP contribution in [0.25, 0.3) is 0 Å². The van der Waals surface area contributed by atoms with Crippen LogP contribution in [0.1, 0.15) is 36.0 Å². The number of nitrogens with two attached hydrogens (primary N) is 1. The first-order valence-electron chi connectivity index (χ1n) is 8.28. The Kier molecular flexibility index (Phi) is 6.82. The van der Waals surface area contributed by atoms with Gasteiger partial charge in [-0.15, -0.1) is 12.4 Å². The summed E-state index contributed by atoms with van der Waals surface area (Å²) in [4.78, 5) is 29.0. The predicted octanol–water partition coefficient (Wildman–Crippen LogP) is 2.56. The number of piperidine rings is 1. The Bertz CT molecular complexity index is 661. The van der Waals surface area contributed by atoms with Gasteiger partial charge in [0.1, 0.15) is 11.9 Å². The maximum Gasteiger partial charge on any atom is 0.254 e. The van der Waals surface area contributed by atoms with Gasteiger partial charge in [-0.05, 0) is 59.8 Å². The Morgan fingerprint density at radius 3 is 2.60 bits per heavy atom. The summed E-state index contributed by atoms with van der Waals surface area (Å²) in [6.45, 7) is 1.71. The van der Waals surface area contributed by atoms with Gasteiger partial charge in [0, 0.05) is 31.2 Å². The molecule has 138 valence electrons. The van der Waals surface area contributed by atoms with E-state index in [0.717, 1.165) is 19.3 Å². The Labute approximate surface area is 161 Å². The molecule has 2 fully saturated rings. The second-order valence-corrected chi connectivity index (χ2v) is 7.33. The first-order valence-corrected chi connectivity index (χ1v) is 9.07. The summed E-state index contributed by atoms with van der Waals surface area (Å²) >= 11 is 3.09. The van der Waals surface area contributed by atoms with Crippen LogP contribution in [0.5, 0.6) is 0 Å². The van der Waals surface area contributed by atoms with Crippen LogP contribution in [-0.4, -0.2) is 53.3 Å². The van der Waals surface area contributed by atoms with E-state index in [4.69, 9.17) is 5.73 Å². The Hall–Kier alpha value is -1.18. The highest BCUT2D eigenvalue weighted by Crippen LogP contribution is 2.24. The molecule has 2 aliphatic rings. The zero-order chi connectivity index (χ0) is 17.3. The minimum absolute atomic E-state index is 0. The molecule has 5 nitrogen and oxygen atoms in total. The third-order valence-corrected chi connectivity index (χ3v) is 5.39. The molecule has 2 atom stereocenters. The molecule has 1 aromatic rings. The molecule has 8 heteroatoms. The van der Waals surface area contributed by atoms with Gasteiger partial charge >= 0.3 is 0 Å². The number of benzene rings is 1. The van der Waals surface area contributed by atoms with Gasteiger partial charge in [0.2, 0.25) is 5.91 Å². The first kappa shape index (κ1) is 20.1. The molecule has 0 bridgehead atoms. The van der Waals surface area contributed by atoms with E-state index in [0.29, 0.717) is 30.5 Å². The number of hydrogen-bond acceptors (Lipinski definition) is 3. The van der Waals surface area contributed by atoms with Gasteiger partial charge in [0.15, 0.2) is 0 Å². The summed E-state index contributed by atoms with van der Waals surface area (Å²) in [6, 6.07) is 3.86. The Balaban J connectivity index is 0.00000225. The van der Waals surface area contributed by atoms with E-state index in [-0.39, 0.29) is 35.8 Å². The monoisotopic (exact) mass is 433 g/mol. The largest absolute Gasteiger partial charge is 0.339 e. The van der Waals surface area contributed by atoms with Crippen molar-refractivity contribution in [2.75, 3.05) is 19.6 Å². The molecule has 3 rings (SSSR count). The molecular formula is C17H22BrClFN3O2. The van der Waals surface area contributed by atoms with Crippen LogP contribution in [0.3, 0.4) is 0 Å². The number of hydrogen-bond donors (Lipinski definition) is 1. The summed E-state index contributed by atoms with van der Waals surface area (Å²) in [5, 5.41) is 0. The van der Waals surface area contributed by atoms with Gasteiger partial charge < -0.3 is 15.5 Å². The van der Waals surface area contributed by atoms with Gasteiger partial charge in [0.05, 0.1) is 4.47 Å². The lowest BCUT2D eigenvalue weighted by Gasteiger charge is -2.37. The van der Waals surface area contributed by atoms with Crippen molar-refractivity contribution in [1.29, 1.82) is 0 Å². The molecule has 0 aliphatic carbocycles. The van der Waals surface area contributed by atoms with Crippen LogP contribution in [0.15, 0.2) is 22.7 Å². The zero-order valence-electron chi connectivity index (χ0n) is 13.8. The van der Waals surface area contributed by atoms with E-state index >= 15 is 0 Å². The van der Waals surface area contributed by atoms with Crippen LogP contribution >= 0.6 is 28.3 Å². The second kappa shape index (κ2) is 8.47. The molecule has 0 aromatic heterocycles. The van der Waals surface area contributed by atoms with Crippen LogP contribution in [0.4, 0.5) is 4.39 Å². The Morgan fingerprint density at radius 1 is 1.20 bits per heavy atom. The zero-order valence-corrected chi connectivity index (χ0v) is 16.2. The third kappa shape index (κ3) is 4.33. The fourth-order valence-electron chi connectivity index (χ4n) is 3.42. The molecule has 0 saturated carbocycles. The first-order chi connectivity index (χ1) is 11.5. The summed E-state index contributed by atoms with van der Waals surface area (Å²) in [6.07, 6.45) is 3.21. The van der Waals surface area contributed by atoms with Crippen molar-refractivity contribution in [1.82, 2.24) is 9.80 Å². The highest BCUT2D eigenvalue weighted by Gasteiger charge is 2.37. The number of carbonyl (C=O) groups is 2. The third-order valence-electron chi connectivity index (χ3n) is 4.75. The number of nitrogens with zero attached hydrogens (tertiary/aromatic N) is 2. The lowest BCUT2D eigenvalue weighted by Crippen LogP contribution is -2.53. The van der Waals surface area contributed by atoms with Crippen molar-refractivity contribution < 1.29 is 14.0 Å². The molecule has 25 heavy (non-hydrogen) atoms. The average Bonchev–Trinajstić information content (AvgIpc) is 3.02. The SMILES string of the molecule is Cl.N[C@@H]1CCN(C(=O)C2CCCCN2C(=O)c2ccc(Br)c(F)c2)C1. The minimum atomic E-state index is -0.480. The summed E-state index contributed by atoms with van der Waals surface area (Å²) < 4.78 is 14.1. The van der Waals surface area contributed by atoms with E-state index in [2.05, 4.69) is 15.9 Å². The lowest BCUT2D eigenvalue weighted by atomic mass is 9.99. The molecule has 0 radical (unpaired) electrons. The Morgan fingerprint density at radius 2 is 1.96 bits per heavy atom. The molecular weight excluding hydrogens is 413 g/mol. The van der Waals surface area contributed by atoms with E-state index in [1.807, 2.05) is 0 Å². The van der Waals surface area contributed by atoms with Crippen molar-refractivity contribution in [2.24, 2.45) is 5.73 Å². The van der Waals surface area contributed by atoms with Gasteiger partial charge in [-0.1, -0.05) is 0 Å². The van der Waals surface area contributed by atoms with E-state index in [1.165, 1.54) is 12.1 Å². The van der Waals surface area contributed by atoms with Crippen molar-refractivity contribution >= 4 is 40.2 Å². The normalized spacial score (nSPS) is 23.3. The van der Waals surface area contributed by atoms with E-state index < -0.39 is 11.9 Å². The van der Waals surface area contributed by atoms with E-state index in [9.17, 15) is 14.0 Å². The van der Waals surface area contributed by atoms with Crippen LogP contribution in [0.2, 0.25) is 0 Å². The average molecular weight is 435 g/mol. The smallest absolute Gasteiger partial charge is 0.254 e.